The van der Waals surface area contributed by atoms with Crippen molar-refractivity contribution in [2.45, 2.75) is 31.7 Å². The van der Waals surface area contributed by atoms with Crippen molar-refractivity contribution in [3.8, 4) is 5.75 Å². The molecule has 20 heavy (non-hydrogen) atoms. The van der Waals surface area contributed by atoms with Crippen molar-refractivity contribution in [2.75, 3.05) is 13.2 Å². The van der Waals surface area contributed by atoms with E-state index in [-0.39, 0.29) is 24.5 Å². The lowest BCUT2D eigenvalue weighted by Crippen LogP contribution is -2.44. The van der Waals surface area contributed by atoms with Crippen molar-refractivity contribution in [1.82, 2.24) is 5.32 Å². The Hall–Kier alpha value is -1.55. The maximum Gasteiger partial charge on any atom is 0.227 e. The van der Waals surface area contributed by atoms with E-state index < -0.39 is 0 Å². The van der Waals surface area contributed by atoms with E-state index in [1.165, 1.54) is 0 Å². The Morgan fingerprint density at radius 2 is 2.20 bits per heavy atom. The molecule has 1 aromatic rings. The van der Waals surface area contributed by atoms with E-state index in [1.54, 1.807) is 0 Å². The molecule has 1 aliphatic carbocycles. The largest absolute Gasteiger partial charge is 0.492 e. The molecule has 4 heteroatoms. The average Bonchev–Trinajstić information content (AvgIpc) is 3.31. The molecule has 1 heterocycles. The van der Waals surface area contributed by atoms with Gasteiger partial charge in [-0.3, -0.25) is 4.79 Å². The van der Waals surface area contributed by atoms with Crippen molar-refractivity contribution in [3.05, 3.63) is 29.8 Å². The number of carbonyl (C=O) groups is 1. The molecule has 2 aliphatic rings. The van der Waals surface area contributed by atoms with Crippen molar-refractivity contribution in [3.63, 3.8) is 0 Å². The number of para-hydroxylation sites is 1. The smallest absolute Gasteiger partial charge is 0.227 e. The Morgan fingerprint density at radius 3 is 2.95 bits per heavy atom. The van der Waals surface area contributed by atoms with Gasteiger partial charge in [-0.2, -0.15) is 0 Å². The van der Waals surface area contributed by atoms with Crippen molar-refractivity contribution < 1.29 is 14.6 Å². The molecule has 0 bridgehead atoms. The Bertz CT molecular complexity index is 484. The highest BCUT2D eigenvalue weighted by Gasteiger charge is 2.34. The van der Waals surface area contributed by atoms with Gasteiger partial charge in [-0.15, -0.1) is 0 Å². The first-order valence-corrected chi connectivity index (χ1v) is 7.40. The summed E-state index contributed by atoms with van der Waals surface area (Å²) in [5, 5.41) is 12.2. The maximum atomic E-state index is 12.4. The Morgan fingerprint density at radius 1 is 1.40 bits per heavy atom. The van der Waals surface area contributed by atoms with Crippen molar-refractivity contribution >= 4 is 5.91 Å². The minimum Gasteiger partial charge on any atom is -0.492 e. The van der Waals surface area contributed by atoms with Crippen LogP contribution in [0.4, 0.5) is 0 Å². The SMILES string of the molecule is O=C(NC(CCO)C1CC1)C1COc2ccccc2C1. The zero-order valence-electron chi connectivity index (χ0n) is 11.5. The number of carbonyl (C=O) groups excluding carboxylic acids is 1. The van der Waals surface area contributed by atoms with E-state index >= 15 is 0 Å². The number of nitrogens with one attached hydrogen (secondary N) is 1. The summed E-state index contributed by atoms with van der Waals surface area (Å²) >= 11 is 0. The van der Waals surface area contributed by atoms with Gasteiger partial charge in [0.05, 0.1) is 5.92 Å². The van der Waals surface area contributed by atoms with Gasteiger partial charge in [0.25, 0.3) is 0 Å². The molecular weight excluding hydrogens is 254 g/mol. The molecule has 1 aliphatic heterocycles. The number of aliphatic hydroxyl groups excluding tert-OH is 1. The van der Waals surface area contributed by atoms with Gasteiger partial charge in [0.1, 0.15) is 12.4 Å². The molecule has 2 unspecified atom stereocenters. The third kappa shape index (κ3) is 2.96. The fourth-order valence-electron chi connectivity index (χ4n) is 2.86. The predicted octanol–water partition coefficient (Wildman–Crippen LogP) is 1.51. The number of hydrogen-bond acceptors (Lipinski definition) is 3. The van der Waals surface area contributed by atoms with E-state index in [2.05, 4.69) is 5.32 Å². The summed E-state index contributed by atoms with van der Waals surface area (Å²) in [7, 11) is 0. The molecule has 1 saturated carbocycles. The van der Waals surface area contributed by atoms with Gasteiger partial charge < -0.3 is 15.2 Å². The summed E-state index contributed by atoms with van der Waals surface area (Å²) in [5.41, 5.74) is 1.10. The molecule has 3 rings (SSSR count). The van der Waals surface area contributed by atoms with Gasteiger partial charge >= 0.3 is 0 Å². The molecule has 0 spiro atoms. The maximum absolute atomic E-state index is 12.4. The van der Waals surface area contributed by atoms with Crippen LogP contribution in [0.25, 0.3) is 0 Å². The van der Waals surface area contributed by atoms with Crippen LogP contribution in [0.2, 0.25) is 0 Å². The monoisotopic (exact) mass is 275 g/mol. The first kappa shape index (κ1) is 13.4. The van der Waals surface area contributed by atoms with E-state index in [0.717, 1.165) is 30.6 Å². The van der Waals surface area contributed by atoms with Crippen LogP contribution in [0, 0.1) is 11.8 Å². The highest BCUT2D eigenvalue weighted by molar-refractivity contribution is 5.80. The van der Waals surface area contributed by atoms with Gasteiger partial charge in [-0.1, -0.05) is 18.2 Å². The minimum absolute atomic E-state index is 0.0600. The van der Waals surface area contributed by atoms with Gasteiger partial charge in [-0.25, -0.2) is 0 Å². The third-order valence-electron chi connectivity index (χ3n) is 4.21. The van der Waals surface area contributed by atoms with Crippen LogP contribution >= 0.6 is 0 Å². The molecule has 0 saturated heterocycles. The van der Waals surface area contributed by atoms with Crippen molar-refractivity contribution in [1.29, 1.82) is 0 Å². The predicted molar refractivity (Wildman–Crippen MR) is 75.5 cm³/mol. The van der Waals surface area contributed by atoms with Crippen LogP contribution in [0.15, 0.2) is 24.3 Å². The van der Waals surface area contributed by atoms with Crippen LogP contribution in [-0.4, -0.2) is 30.3 Å². The fourth-order valence-corrected chi connectivity index (χ4v) is 2.86. The van der Waals surface area contributed by atoms with Crippen LogP contribution in [0.5, 0.6) is 5.75 Å². The lowest BCUT2D eigenvalue weighted by Gasteiger charge is -2.26. The number of ether oxygens (including phenoxy) is 1. The van der Waals surface area contributed by atoms with E-state index in [0.29, 0.717) is 18.9 Å². The molecule has 108 valence electrons. The van der Waals surface area contributed by atoms with Crippen molar-refractivity contribution in [2.24, 2.45) is 11.8 Å². The number of rotatable bonds is 5. The number of fused-ring (bicyclic) bond motifs is 1. The summed E-state index contributed by atoms with van der Waals surface area (Å²) in [6.07, 6.45) is 3.71. The number of amides is 1. The normalized spacial score (nSPS) is 22.6. The van der Waals surface area contributed by atoms with E-state index in [9.17, 15) is 4.79 Å². The Kier molecular flexibility index (Phi) is 3.92. The second-order valence-corrected chi connectivity index (χ2v) is 5.78. The molecule has 1 aromatic carbocycles. The quantitative estimate of drug-likeness (QED) is 0.856. The zero-order chi connectivity index (χ0) is 13.9. The minimum atomic E-state index is -0.121. The fraction of sp³-hybridized carbons (Fsp3) is 0.562. The topological polar surface area (TPSA) is 58.6 Å². The summed E-state index contributed by atoms with van der Waals surface area (Å²) in [6, 6.07) is 8.01. The van der Waals surface area contributed by atoms with Gasteiger partial charge in [-0.05, 0) is 43.2 Å². The molecule has 1 amide bonds. The van der Waals surface area contributed by atoms with E-state index in [1.807, 2.05) is 24.3 Å². The highest BCUT2D eigenvalue weighted by Crippen LogP contribution is 2.34. The number of hydrogen-bond donors (Lipinski definition) is 2. The summed E-state index contributed by atoms with van der Waals surface area (Å²) < 4.78 is 5.66. The van der Waals surface area contributed by atoms with Crippen LogP contribution in [0.1, 0.15) is 24.8 Å². The molecule has 0 radical (unpaired) electrons. The molecule has 1 fully saturated rings. The van der Waals surface area contributed by atoms with Gasteiger partial charge in [0.2, 0.25) is 5.91 Å². The number of aliphatic hydroxyl groups is 1. The first-order valence-electron chi connectivity index (χ1n) is 7.40. The first-order chi connectivity index (χ1) is 9.78. The Labute approximate surface area is 119 Å². The average molecular weight is 275 g/mol. The summed E-state index contributed by atoms with van der Waals surface area (Å²) in [4.78, 5) is 12.4. The second kappa shape index (κ2) is 5.83. The van der Waals surface area contributed by atoms with E-state index in [4.69, 9.17) is 9.84 Å². The lowest BCUT2D eigenvalue weighted by molar-refractivity contribution is -0.127. The molecule has 2 N–H and O–H groups in total. The second-order valence-electron chi connectivity index (χ2n) is 5.78. The summed E-state index contributed by atoms with van der Waals surface area (Å²) in [5.74, 6) is 1.39. The molecule has 4 nitrogen and oxygen atoms in total. The number of benzene rings is 1. The zero-order valence-corrected chi connectivity index (χ0v) is 11.5. The van der Waals surface area contributed by atoms with Crippen LogP contribution in [0.3, 0.4) is 0 Å². The molecular formula is C16H21NO3. The van der Waals surface area contributed by atoms with Crippen LogP contribution < -0.4 is 10.1 Å². The van der Waals surface area contributed by atoms with Gasteiger partial charge in [0, 0.05) is 12.6 Å². The lowest BCUT2D eigenvalue weighted by atomic mass is 9.95. The molecule has 0 aromatic heterocycles. The highest BCUT2D eigenvalue weighted by atomic mass is 16.5. The standard InChI is InChI=1S/C16H21NO3/c18-8-7-14(11-5-6-11)17-16(19)13-9-12-3-1-2-4-15(12)20-10-13/h1-4,11,13-14,18H,5-10H2,(H,17,19). The van der Waals surface area contributed by atoms with Crippen LogP contribution in [-0.2, 0) is 11.2 Å². The van der Waals surface area contributed by atoms with Gasteiger partial charge in [0.15, 0.2) is 0 Å². The summed E-state index contributed by atoms with van der Waals surface area (Å²) in [6.45, 7) is 0.574. The molecule has 2 atom stereocenters. The third-order valence-corrected chi connectivity index (χ3v) is 4.21. The Balaban J connectivity index is 1.60.